The van der Waals surface area contributed by atoms with Crippen molar-refractivity contribution < 1.29 is 9.47 Å². The van der Waals surface area contributed by atoms with Gasteiger partial charge in [0.2, 0.25) is 5.88 Å². The van der Waals surface area contributed by atoms with Crippen molar-refractivity contribution in [3.63, 3.8) is 0 Å². The lowest BCUT2D eigenvalue weighted by Gasteiger charge is -2.10. The molecule has 5 heteroatoms. The van der Waals surface area contributed by atoms with Crippen LogP contribution >= 0.6 is 0 Å². The largest absolute Gasteiger partial charge is 0.497 e. The van der Waals surface area contributed by atoms with Crippen molar-refractivity contribution in [2.45, 2.75) is 26.9 Å². The fourth-order valence-electron chi connectivity index (χ4n) is 1.90. The average molecular weight is 287 g/mol. The molecule has 1 heterocycles. The SMILES string of the molecule is CCNc1cc(OCc2cccc(OC)c2)nc(CC)n1. The highest BCUT2D eigenvalue weighted by atomic mass is 16.5. The molecule has 0 saturated heterocycles. The van der Waals surface area contributed by atoms with Gasteiger partial charge in [0.15, 0.2) is 0 Å². The zero-order valence-corrected chi connectivity index (χ0v) is 12.7. The maximum Gasteiger partial charge on any atom is 0.219 e. The summed E-state index contributed by atoms with van der Waals surface area (Å²) < 4.78 is 11.0. The van der Waals surface area contributed by atoms with E-state index in [1.165, 1.54) is 0 Å². The van der Waals surface area contributed by atoms with Crippen molar-refractivity contribution in [3.05, 3.63) is 41.7 Å². The van der Waals surface area contributed by atoms with Crippen LogP contribution in [0.25, 0.3) is 0 Å². The van der Waals surface area contributed by atoms with Crippen LogP contribution in [0.5, 0.6) is 11.6 Å². The Balaban J connectivity index is 2.09. The molecule has 2 rings (SSSR count). The van der Waals surface area contributed by atoms with Gasteiger partial charge in [-0.2, -0.15) is 4.98 Å². The first-order valence-electron chi connectivity index (χ1n) is 7.12. The van der Waals surface area contributed by atoms with Gasteiger partial charge in [-0.15, -0.1) is 0 Å². The van der Waals surface area contributed by atoms with E-state index in [1.54, 1.807) is 7.11 Å². The van der Waals surface area contributed by atoms with Crippen LogP contribution < -0.4 is 14.8 Å². The third-order valence-electron chi connectivity index (χ3n) is 2.94. The fourth-order valence-corrected chi connectivity index (χ4v) is 1.90. The Morgan fingerprint density at radius 1 is 1.14 bits per heavy atom. The molecule has 0 unspecified atom stereocenters. The zero-order valence-electron chi connectivity index (χ0n) is 12.7. The molecule has 5 nitrogen and oxygen atoms in total. The van der Waals surface area contributed by atoms with E-state index in [4.69, 9.17) is 9.47 Å². The van der Waals surface area contributed by atoms with Crippen LogP contribution in [-0.2, 0) is 13.0 Å². The van der Waals surface area contributed by atoms with E-state index < -0.39 is 0 Å². The van der Waals surface area contributed by atoms with Crippen molar-refractivity contribution in [1.29, 1.82) is 0 Å². The van der Waals surface area contributed by atoms with Crippen LogP contribution in [0.15, 0.2) is 30.3 Å². The van der Waals surface area contributed by atoms with Crippen molar-refractivity contribution in [2.75, 3.05) is 19.0 Å². The summed E-state index contributed by atoms with van der Waals surface area (Å²) in [4.78, 5) is 8.79. The molecule has 0 aliphatic carbocycles. The number of rotatable bonds is 7. The number of benzene rings is 1. The molecule has 0 amide bonds. The lowest BCUT2D eigenvalue weighted by Crippen LogP contribution is -2.05. The summed E-state index contributed by atoms with van der Waals surface area (Å²) in [5, 5.41) is 3.19. The molecule has 0 fully saturated rings. The van der Waals surface area contributed by atoms with Crippen LogP contribution in [0.2, 0.25) is 0 Å². The Morgan fingerprint density at radius 2 is 2.00 bits per heavy atom. The average Bonchev–Trinajstić information content (AvgIpc) is 2.53. The Labute approximate surface area is 125 Å². The molecule has 1 aromatic heterocycles. The molecular formula is C16H21N3O2. The summed E-state index contributed by atoms with van der Waals surface area (Å²) in [6, 6.07) is 9.62. The Kier molecular flexibility index (Phi) is 5.37. The molecule has 1 N–H and O–H groups in total. The monoisotopic (exact) mass is 287 g/mol. The number of nitrogens with zero attached hydrogens (tertiary/aromatic N) is 2. The highest BCUT2D eigenvalue weighted by Gasteiger charge is 2.05. The fraction of sp³-hybridized carbons (Fsp3) is 0.375. The van der Waals surface area contributed by atoms with E-state index in [-0.39, 0.29) is 0 Å². The second-order valence-electron chi connectivity index (χ2n) is 4.53. The third-order valence-corrected chi connectivity index (χ3v) is 2.94. The lowest BCUT2D eigenvalue weighted by molar-refractivity contribution is 0.291. The molecule has 0 saturated carbocycles. The van der Waals surface area contributed by atoms with Crippen LogP contribution in [0, 0.1) is 0 Å². The van der Waals surface area contributed by atoms with Gasteiger partial charge in [-0.05, 0) is 24.6 Å². The van der Waals surface area contributed by atoms with Gasteiger partial charge in [-0.3, -0.25) is 0 Å². The molecule has 0 radical (unpaired) electrons. The van der Waals surface area contributed by atoms with E-state index in [2.05, 4.69) is 15.3 Å². The molecule has 21 heavy (non-hydrogen) atoms. The van der Waals surface area contributed by atoms with Crippen molar-refractivity contribution in [2.24, 2.45) is 0 Å². The third kappa shape index (κ3) is 4.34. The molecule has 0 aliphatic rings. The molecule has 0 bridgehead atoms. The zero-order chi connectivity index (χ0) is 15.1. The summed E-state index contributed by atoms with van der Waals surface area (Å²) >= 11 is 0. The summed E-state index contributed by atoms with van der Waals surface area (Å²) in [6.45, 7) is 5.32. The maximum atomic E-state index is 5.77. The summed E-state index contributed by atoms with van der Waals surface area (Å²) in [7, 11) is 1.65. The van der Waals surface area contributed by atoms with Crippen molar-refractivity contribution >= 4 is 5.82 Å². The first-order valence-corrected chi connectivity index (χ1v) is 7.12. The predicted molar refractivity (Wildman–Crippen MR) is 82.9 cm³/mol. The Morgan fingerprint density at radius 3 is 2.71 bits per heavy atom. The van der Waals surface area contributed by atoms with Crippen LogP contribution in [0.3, 0.4) is 0 Å². The van der Waals surface area contributed by atoms with Crippen LogP contribution in [-0.4, -0.2) is 23.6 Å². The van der Waals surface area contributed by atoms with E-state index in [0.29, 0.717) is 12.5 Å². The summed E-state index contributed by atoms with van der Waals surface area (Å²) in [5.41, 5.74) is 1.04. The molecule has 0 aliphatic heterocycles. The minimum absolute atomic E-state index is 0.447. The van der Waals surface area contributed by atoms with E-state index >= 15 is 0 Å². The van der Waals surface area contributed by atoms with Gasteiger partial charge < -0.3 is 14.8 Å². The predicted octanol–water partition coefficient (Wildman–Crippen LogP) is 3.06. The summed E-state index contributed by atoms with van der Waals surface area (Å²) in [6.07, 6.45) is 0.773. The summed E-state index contributed by atoms with van der Waals surface area (Å²) in [5.74, 6) is 2.97. The molecule has 1 aromatic carbocycles. The maximum absolute atomic E-state index is 5.77. The number of anilines is 1. The molecule has 2 aromatic rings. The molecule has 112 valence electrons. The minimum Gasteiger partial charge on any atom is -0.497 e. The molecule has 0 atom stereocenters. The number of nitrogens with one attached hydrogen (secondary N) is 1. The lowest BCUT2D eigenvalue weighted by atomic mass is 10.2. The highest BCUT2D eigenvalue weighted by molar-refractivity contribution is 5.38. The van der Waals surface area contributed by atoms with Gasteiger partial charge >= 0.3 is 0 Å². The number of ether oxygens (including phenoxy) is 2. The van der Waals surface area contributed by atoms with E-state index in [9.17, 15) is 0 Å². The van der Waals surface area contributed by atoms with E-state index in [0.717, 1.165) is 35.9 Å². The van der Waals surface area contributed by atoms with Gasteiger partial charge in [0.1, 0.15) is 24.0 Å². The quantitative estimate of drug-likeness (QED) is 0.848. The van der Waals surface area contributed by atoms with Gasteiger partial charge in [0, 0.05) is 19.0 Å². The number of hydrogen-bond acceptors (Lipinski definition) is 5. The van der Waals surface area contributed by atoms with Crippen molar-refractivity contribution in [1.82, 2.24) is 9.97 Å². The van der Waals surface area contributed by atoms with Gasteiger partial charge in [0.05, 0.1) is 7.11 Å². The minimum atomic E-state index is 0.447. The smallest absolute Gasteiger partial charge is 0.219 e. The number of aryl methyl sites for hydroxylation is 1. The first kappa shape index (κ1) is 15.1. The second-order valence-corrected chi connectivity index (χ2v) is 4.53. The van der Waals surface area contributed by atoms with Crippen LogP contribution in [0.4, 0.5) is 5.82 Å². The second kappa shape index (κ2) is 7.47. The number of aromatic nitrogens is 2. The van der Waals surface area contributed by atoms with Gasteiger partial charge in [0.25, 0.3) is 0 Å². The standard InChI is InChI=1S/C16H21N3O2/c1-4-14-18-15(17-5-2)10-16(19-14)21-11-12-7-6-8-13(9-12)20-3/h6-10H,4-5,11H2,1-3H3,(H,17,18,19). The normalized spacial score (nSPS) is 10.2. The first-order chi connectivity index (χ1) is 10.2. The van der Waals surface area contributed by atoms with Gasteiger partial charge in [-0.25, -0.2) is 4.98 Å². The topological polar surface area (TPSA) is 56.3 Å². The van der Waals surface area contributed by atoms with E-state index in [1.807, 2.05) is 44.2 Å². The van der Waals surface area contributed by atoms with Gasteiger partial charge in [-0.1, -0.05) is 19.1 Å². The molecule has 0 spiro atoms. The number of hydrogen-bond donors (Lipinski definition) is 1. The van der Waals surface area contributed by atoms with Crippen LogP contribution in [0.1, 0.15) is 25.2 Å². The number of methoxy groups -OCH3 is 1. The molecular weight excluding hydrogens is 266 g/mol. The highest BCUT2D eigenvalue weighted by Crippen LogP contribution is 2.17. The Hall–Kier alpha value is -2.30. The van der Waals surface area contributed by atoms with Crippen molar-refractivity contribution in [3.8, 4) is 11.6 Å². The Bertz CT molecular complexity index is 587.